The number of hydrogen-bond donors (Lipinski definition) is 2. The molecule has 0 atom stereocenters. The lowest BCUT2D eigenvalue weighted by molar-refractivity contribution is -0.134. The molecule has 0 saturated carbocycles. The second-order valence-corrected chi connectivity index (χ2v) is 9.40. The summed E-state index contributed by atoms with van der Waals surface area (Å²) in [7, 11) is 4.92. The molecule has 1 aliphatic rings. The van der Waals surface area contributed by atoms with Crippen LogP contribution < -0.4 is 14.2 Å². The highest BCUT2D eigenvalue weighted by molar-refractivity contribution is 5.89. The zero-order chi connectivity index (χ0) is 30.3. The van der Waals surface area contributed by atoms with Crippen molar-refractivity contribution < 1.29 is 34.0 Å². The molecular weight excluding hydrogens is 536 g/mol. The van der Waals surface area contributed by atoms with Gasteiger partial charge in [-0.25, -0.2) is 9.59 Å². The molecule has 42 heavy (non-hydrogen) atoms. The second kappa shape index (κ2) is 16.6. The van der Waals surface area contributed by atoms with E-state index in [1.165, 1.54) is 11.1 Å². The number of piperazine rings is 1. The molecule has 1 saturated heterocycles. The molecule has 0 amide bonds. The molecule has 2 N–H and O–H groups in total. The summed E-state index contributed by atoms with van der Waals surface area (Å²) < 4.78 is 16.5. The van der Waals surface area contributed by atoms with Gasteiger partial charge in [-0.15, -0.1) is 0 Å². The maximum absolute atomic E-state index is 9.55. The molecule has 0 aromatic heterocycles. The van der Waals surface area contributed by atoms with E-state index in [9.17, 15) is 9.59 Å². The first kappa shape index (κ1) is 31.9. The Hall–Kier alpha value is -4.60. The van der Waals surface area contributed by atoms with Crippen LogP contribution in [0.4, 0.5) is 0 Å². The summed E-state index contributed by atoms with van der Waals surface area (Å²) in [6, 6.07) is 25.9. The first-order valence-corrected chi connectivity index (χ1v) is 13.5. The lowest BCUT2D eigenvalue weighted by atomic mass is 9.96. The van der Waals surface area contributed by atoms with Crippen LogP contribution in [0.2, 0.25) is 0 Å². The van der Waals surface area contributed by atoms with Crippen molar-refractivity contribution in [3.8, 4) is 17.2 Å². The Labute approximate surface area is 246 Å². The summed E-state index contributed by atoms with van der Waals surface area (Å²) in [4.78, 5) is 24.2. The topological polar surface area (TPSA) is 109 Å². The van der Waals surface area contributed by atoms with Gasteiger partial charge >= 0.3 is 11.9 Å². The Kier molecular flexibility index (Phi) is 12.6. The van der Waals surface area contributed by atoms with Crippen molar-refractivity contribution in [2.45, 2.75) is 6.04 Å². The highest BCUT2D eigenvalue weighted by Crippen LogP contribution is 2.40. The normalized spacial score (nSPS) is 14.0. The second-order valence-electron chi connectivity index (χ2n) is 9.40. The van der Waals surface area contributed by atoms with Crippen LogP contribution in [0, 0.1) is 0 Å². The zero-order valence-electron chi connectivity index (χ0n) is 24.2. The fraction of sp³-hybridized carbons (Fsp3) is 0.273. The van der Waals surface area contributed by atoms with Crippen LogP contribution in [0.15, 0.2) is 91.0 Å². The van der Waals surface area contributed by atoms with Gasteiger partial charge in [0.2, 0.25) is 5.75 Å². The van der Waals surface area contributed by atoms with Crippen LogP contribution in [0.1, 0.15) is 22.7 Å². The fourth-order valence-corrected chi connectivity index (χ4v) is 4.82. The Morgan fingerprint density at radius 1 is 0.738 bits per heavy atom. The first-order valence-electron chi connectivity index (χ1n) is 13.5. The van der Waals surface area contributed by atoms with E-state index in [1.807, 2.05) is 12.1 Å². The molecule has 0 radical (unpaired) electrons. The van der Waals surface area contributed by atoms with Crippen LogP contribution >= 0.6 is 0 Å². The molecule has 9 nitrogen and oxygen atoms in total. The Balaban J connectivity index is 0.000000531. The number of methoxy groups -OCH3 is 3. The Bertz CT molecular complexity index is 1280. The maximum atomic E-state index is 9.55. The van der Waals surface area contributed by atoms with Gasteiger partial charge in [0.05, 0.1) is 27.4 Å². The number of hydrogen-bond acceptors (Lipinski definition) is 7. The number of benzene rings is 3. The van der Waals surface area contributed by atoms with E-state index in [0.29, 0.717) is 29.4 Å². The third-order valence-corrected chi connectivity index (χ3v) is 6.77. The third kappa shape index (κ3) is 9.22. The summed E-state index contributed by atoms with van der Waals surface area (Å²) >= 11 is 0. The highest BCUT2D eigenvalue weighted by Gasteiger charge is 2.26. The van der Waals surface area contributed by atoms with E-state index < -0.39 is 11.9 Å². The van der Waals surface area contributed by atoms with Crippen LogP contribution in [0.5, 0.6) is 17.2 Å². The van der Waals surface area contributed by atoms with Crippen molar-refractivity contribution in [1.82, 2.24) is 9.80 Å². The number of carbonyl (C=O) groups is 2. The zero-order valence-corrected chi connectivity index (χ0v) is 24.2. The molecule has 0 aliphatic carbocycles. The van der Waals surface area contributed by atoms with Crippen molar-refractivity contribution in [2.24, 2.45) is 0 Å². The minimum absolute atomic E-state index is 0.288. The van der Waals surface area contributed by atoms with E-state index in [-0.39, 0.29) is 6.04 Å². The molecule has 0 bridgehead atoms. The van der Waals surface area contributed by atoms with Crippen LogP contribution in [0.25, 0.3) is 6.08 Å². The van der Waals surface area contributed by atoms with E-state index >= 15 is 0 Å². The van der Waals surface area contributed by atoms with Crippen molar-refractivity contribution in [3.05, 3.63) is 108 Å². The predicted molar refractivity (Wildman–Crippen MR) is 162 cm³/mol. The number of carboxylic acids is 2. The first-order chi connectivity index (χ1) is 20.4. The average molecular weight is 575 g/mol. The molecule has 3 aromatic rings. The summed E-state index contributed by atoms with van der Waals surface area (Å²) in [5.41, 5.74) is 3.68. The van der Waals surface area contributed by atoms with Crippen LogP contribution in [0.3, 0.4) is 0 Å². The number of rotatable bonds is 11. The van der Waals surface area contributed by atoms with Gasteiger partial charge in [-0.05, 0) is 23.3 Å². The minimum atomic E-state index is -1.26. The van der Waals surface area contributed by atoms with Gasteiger partial charge < -0.3 is 24.4 Å². The molecule has 9 heteroatoms. The van der Waals surface area contributed by atoms with Crippen molar-refractivity contribution >= 4 is 18.0 Å². The largest absolute Gasteiger partial charge is 0.493 e. The summed E-state index contributed by atoms with van der Waals surface area (Å²) in [5.74, 6) is -0.538. The summed E-state index contributed by atoms with van der Waals surface area (Å²) in [6.07, 6.45) is 5.42. The van der Waals surface area contributed by atoms with E-state index in [2.05, 4.69) is 82.6 Å². The van der Waals surface area contributed by atoms with Gasteiger partial charge in [0.1, 0.15) is 0 Å². The SMILES string of the molecule is COc1ccc(/C=C/CN2CCN(C(c3ccccc3)c3ccccc3)CC2)c(OC)c1OC.O=C(O)/C=C/C(=O)O. The van der Waals surface area contributed by atoms with E-state index in [0.717, 1.165) is 38.3 Å². The Morgan fingerprint density at radius 3 is 1.71 bits per heavy atom. The molecule has 3 aromatic carbocycles. The smallest absolute Gasteiger partial charge is 0.328 e. The molecule has 0 unspecified atom stereocenters. The number of nitrogens with zero attached hydrogens (tertiary/aromatic N) is 2. The lowest BCUT2D eigenvalue weighted by Crippen LogP contribution is -2.47. The molecular formula is C33H38N2O7. The van der Waals surface area contributed by atoms with Gasteiger partial charge in [0.15, 0.2) is 11.5 Å². The molecule has 4 rings (SSSR count). The third-order valence-electron chi connectivity index (χ3n) is 6.77. The molecule has 222 valence electrons. The summed E-state index contributed by atoms with van der Waals surface area (Å²) in [6.45, 7) is 5.02. The fourth-order valence-electron chi connectivity index (χ4n) is 4.82. The van der Waals surface area contributed by atoms with Gasteiger partial charge in [-0.3, -0.25) is 9.80 Å². The molecule has 1 heterocycles. The standard InChI is InChI=1S/C29H34N2O3.C4H4O4/c1-32-26-17-16-25(28(33-2)29(26)34-3)15-10-18-30-19-21-31(22-20-30)27(23-11-6-4-7-12-23)24-13-8-5-9-14-24;5-3(6)1-2-4(7)8/h4-17,27H,18-22H2,1-3H3;1-2H,(H,5,6)(H,7,8)/b15-10+;2-1+. The number of carboxylic acid groups (broad SMARTS) is 2. The van der Waals surface area contributed by atoms with Gasteiger partial charge in [0.25, 0.3) is 0 Å². The van der Waals surface area contributed by atoms with Gasteiger partial charge in [0, 0.05) is 50.4 Å². The van der Waals surface area contributed by atoms with E-state index in [4.69, 9.17) is 24.4 Å². The van der Waals surface area contributed by atoms with Gasteiger partial charge in [-0.1, -0.05) is 72.8 Å². The minimum Gasteiger partial charge on any atom is -0.493 e. The summed E-state index contributed by atoms with van der Waals surface area (Å²) in [5, 5.41) is 15.6. The monoisotopic (exact) mass is 574 g/mol. The average Bonchev–Trinajstić information content (AvgIpc) is 3.02. The Morgan fingerprint density at radius 2 is 1.26 bits per heavy atom. The molecule has 0 spiro atoms. The van der Waals surface area contributed by atoms with Crippen molar-refractivity contribution in [3.63, 3.8) is 0 Å². The highest BCUT2D eigenvalue weighted by atomic mass is 16.5. The van der Waals surface area contributed by atoms with Crippen molar-refractivity contribution in [2.75, 3.05) is 54.1 Å². The number of ether oxygens (including phenoxy) is 3. The van der Waals surface area contributed by atoms with E-state index in [1.54, 1.807) is 21.3 Å². The van der Waals surface area contributed by atoms with Crippen LogP contribution in [-0.2, 0) is 9.59 Å². The number of aliphatic carboxylic acids is 2. The van der Waals surface area contributed by atoms with Gasteiger partial charge in [-0.2, -0.15) is 0 Å². The molecule has 1 aliphatic heterocycles. The lowest BCUT2D eigenvalue weighted by Gasteiger charge is -2.39. The van der Waals surface area contributed by atoms with Crippen LogP contribution in [-0.4, -0.2) is 86.0 Å². The maximum Gasteiger partial charge on any atom is 0.328 e. The predicted octanol–water partition coefficient (Wildman–Crippen LogP) is 4.84. The molecule has 1 fully saturated rings. The van der Waals surface area contributed by atoms with Crippen molar-refractivity contribution in [1.29, 1.82) is 0 Å². The quantitative estimate of drug-likeness (QED) is 0.311.